The molecule has 1 saturated heterocycles. The molecule has 7 nitrogen and oxygen atoms in total. The van der Waals surface area contributed by atoms with E-state index >= 15 is 0 Å². The standard InChI is InChI=1S/C26H39N5O2/c1-30(2)23-5-3-22(4-6-23)28-25(33)31-9-7-18(8-10-31)17-27-24(32)29-26-14-19-11-20(15-26)13-21(12-19)16-26/h3-6,18-21H,7-17H2,1-2H3,(H,28,33)(H2,27,29,32). The predicted molar refractivity (Wildman–Crippen MR) is 132 cm³/mol. The van der Waals surface area contributed by atoms with E-state index < -0.39 is 0 Å². The molecule has 0 aromatic heterocycles. The Morgan fingerprint density at radius 3 is 2.09 bits per heavy atom. The fourth-order valence-corrected chi connectivity index (χ4v) is 7.17. The van der Waals surface area contributed by atoms with E-state index in [0.717, 1.165) is 55.1 Å². The molecule has 33 heavy (non-hydrogen) atoms. The second kappa shape index (κ2) is 9.07. The van der Waals surface area contributed by atoms with Crippen molar-refractivity contribution in [1.29, 1.82) is 0 Å². The van der Waals surface area contributed by atoms with Gasteiger partial charge in [0.15, 0.2) is 0 Å². The Kier molecular flexibility index (Phi) is 6.14. The van der Waals surface area contributed by atoms with Gasteiger partial charge in [-0.3, -0.25) is 0 Å². The highest BCUT2D eigenvalue weighted by Crippen LogP contribution is 2.55. The maximum Gasteiger partial charge on any atom is 0.321 e. The second-order valence-electron chi connectivity index (χ2n) is 11.3. The normalized spacial score (nSPS) is 30.7. The van der Waals surface area contributed by atoms with Crippen molar-refractivity contribution in [2.24, 2.45) is 23.7 Å². The van der Waals surface area contributed by atoms with Gasteiger partial charge >= 0.3 is 12.1 Å². The van der Waals surface area contributed by atoms with Gasteiger partial charge in [-0.05, 0) is 99.3 Å². The third kappa shape index (κ3) is 5.07. The smallest absolute Gasteiger partial charge is 0.321 e. The molecule has 1 aliphatic heterocycles. The van der Waals surface area contributed by atoms with Crippen LogP contribution in [0.25, 0.3) is 0 Å². The predicted octanol–water partition coefficient (Wildman–Crippen LogP) is 4.26. The van der Waals surface area contributed by atoms with Crippen LogP contribution in [0.4, 0.5) is 21.0 Å². The first kappa shape index (κ1) is 22.4. The highest BCUT2D eigenvalue weighted by molar-refractivity contribution is 5.89. The van der Waals surface area contributed by atoms with Gasteiger partial charge in [0.25, 0.3) is 0 Å². The van der Waals surface area contributed by atoms with Gasteiger partial charge in [0.2, 0.25) is 0 Å². The number of carbonyl (C=O) groups excluding carboxylic acids is 2. The molecule has 0 radical (unpaired) electrons. The molecule has 6 rings (SSSR count). The summed E-state index contributed by atoms with van der Waals surface area (Å²) in [5.74, 6) is 2.92. The number of nitrogens with zero attached hydrogens (tertiary/aromatic N) is 2. The average Bonchev–Trinajstić information content (AvgIpc) is 2.77. The molecule has 1 heterocycles. The first-order chi connectivity index (χ1) is 15.9. The summed E-state index contributed by atoms with van der Waals surface area (Å²) >= 11 is 0. The number of amides is 4. The minimum absolute atomic E-state index is 0.0123. The van der Waals surface area contributed by atoms with Gasteiger partial charge < -0.3 is 25.8 Å². The highest BCUT2D eigenvalue weighted by atomic mass is 16.2. The monoisotopic (exact) mass is 453 g/mol. The zero-order valence-corrected chi connectivity index (χ0v) is 20.1. The summed E-state index contributed by atoms with van der Waals surface area (Å²) in [6.07, 6.45) is 9.53. The zero-order chi connectivity index (χ0) is 23.0. The van der Waals surface area contributed by atoms with Crippen molar-refractivity contribution in [3.8, 4) is 0 Å². The van der Waals surface area contributed by atoms with E-state index in [2.05, 4.69) is 16.0 Å². The first-order valence-electron chi connectivity index (χ1n) is 12.8. The summed E-state index contributed by atoms with van der Waals surface area (Å²) in [5.41, 5.74) is 1.98. The minimum atomic E-state index is -0.0430. The van der Waals surface area contributed by atoms with Crippen LogP contribution in [0.3, 0.4) is 0 Å². The fourth-order valence-electron chi connectivity index (χ4n) is 7.17. The topological polar surface area (TPSA) is 76.7 Å². The van der Waals surface area contributed by atoms with Crippen molar-refractivity contribution >= 4 is 23.4 Å². The van der Waals surface area contributed by atoms with Crippen LogP contribution < -0.4 is 20.9 Å². The molecule has 0 atom stereocenters. The lowest BCUT2D eigenvalue weighted by Crippen LogP contribution is -2.61. The van der Waals surface area contributed by atoms with Crippen molar-refractivity contribution in [2.45, 2.75) is 56.9 Å². The Morgan fingerprint density at radius 2 is 1.55 bits per heavy atom. The Hall–Kier alpha value is -2.44. The molecule has 3 N–H and O–H groups in total. The summed E-state index contributed by atoms with van der Waals surface area (Å²) in [6, 6.07) is 7.85. The van der Waals surface area contributed by atoms with E-state index in [1.165, 1.54) is 38.5 Å². The summed E-state index contributed by atoms with van der Waals surface area (Å²) in [7, 11) is 4.00. The van der Waals surface area contributed by atoms with Crippen LogP contribution in [0.2, 0.25) is 0 Å². The van der Waals surface area contributed by atoms with Crippen LogP contribution >= 0.6 is 0 Å². The molecule has 4 aliphatic carbocycles. The van der Waals surface area contributed by atoms with Gasteiger partial charge in [-0.2, -0.15) is 0 Å². The van der Waals surface area contributed by atoms with E-state index in [1.807, 2.05) is 48.2 Å². The van der Waals surface area contributed by atoms with Crippen LogP contribution in [0.15, 0.2) is 24.3 Å². The minimum Gasteiger partial charge on any atom is -0.378 e. The molecule has 7 heteroatoms. The number of hydrogen-bond donors (Lipinski definition) is 3. The van der Waals surface area contributed by atoms with Crippen LogP contribution in [0, 0.1) is 23.7 Å². The third-order valence-corrected chi connectivity index (χ3v) is 8.50. The highest BCUT2D eigenvalue weighted by Gasteiger charge is 2.51. The Labute approximate surface area is 197 Å². The molecule has 180 valence electrons. The lowest BCUT2D eigenvalue weighted by Gasteiger charge is -2.56. The van der Waals surface area contributed by atoms with Crippen molar-refractivity contribution in [3.05, 3.63) is 24.3 Å². The van der Waals surface area contributed by atoms with Gasteiger partial charge in [-0.1, -0.05) is 0 Å². The van der Waals surface area contributed by atoms with Crippen molar-refractivity contribution in [3.63, 3.8) is 0 Å². The second-order valence-corrected chi connectivity index (χ2v) is 11.3. The molecule has 0 unspecified atom stereocenters. The Balaban J connectivity index is 1.03. The lowest BCUT2D eigenvalue weighted by molar-refractivity contribution is -0.0135. The lowest BCUT2D eigenvalue weighted by atomic mass is 9.53. The molecule has 1 aromatic rings. The number of anilines is 2. The molecule has 5 aliphatic rings. The fraction of sp³-hybridized carbons (Fsp3) is 0.692. The maximum absolute atomic E-state index is 12.7. The number of likely N-dealkylation sites (tertiary alicyclic amines) is 1. The largest absolute Gasteiger partial charge is 0.378 e. The number of piperidine rings is 1. The molecule has 4 amide bonds. The van der Waals surface area contributed by atoms with Crippen molar-refractivity contribution < 1.29 is 9.59 Å². The van der Waals surface area contributed by atoms with Crippen LogP contribution in [0.1, 0.15) is 51.4 Å². The number of urea groups is 2. The molecule has 5 fully saturated rings. The Morgan fingerprint density at radius 1 is 0.970 bits per heavy atom. The number of nitrogens with one attached hydrogen (secondary N) is 3. The van der Waals surface area contributed by atoms with E-state index in [4.69, 9.17) is 0 Å². The van der Waals surface area contributed by atoms with E-state index in [0.29, 0.717) is 12.5 Å². The number of benzene rings is 1. The summed E-state index contributed by atoms with van der Waals surface area (Å²) in [5, 5.41) is 9.56. The zero-order valence-electron chi connectivity index (χ0n) is 20.1. The summed E-state index contributed by atoms with van der Waals surface area (Å²) < 4.78 is 0. The Bertz CT molecular complexity index is 825. The third-order valence-electron chi connectivity index (χ3n) is 8.50. The van der Waals surface area contributed by atoms with Crippen molar-refractivity contribution in [2.75, 3.05) is 43.9 Å². The van der Waals surface area contributed by atoms with Crippen molar-refractivity contribution in [1.82, 2.24) is 15.5 Å². The number of hydrogen-bond acceptors (Lipinski definition) is 3. The van der Waals surface area contributed by atoms with Crippen LogP contribution in [0.5, 0.6) is 0 Å². The molecule has 4 saturated carbocycles. The number of rotatable bonds is 5. The molecular weight excluding hydrogens is 414 g/mol. The quantitative estimate of drug-likeness (QED) is 0.623. The first-order valence-corrected chi connectivity index (χ1v) is 12.8. The van der Waals surface area contributed by atoms with Gasteiger partial charge in [0.05, 0.1) is 0 Å². The van der Waals surface area contributed by atoms with Crippen LogP contribution in [-0.2, 0) is 0 Å². The average molecular weight is 454 g/mol. The molecule has 1 aromatic carbocycles. The molecular formula is C26H39N5O2. The van der Waals surface area contributed by atoms with E-state index in [9.17, 15) is 9.59 Å². The number of carbonyl (C=O) groups is 2. The van der Waals surface area contributed by atoms with Gasteiger partial charge in [-0.25, -0.2) is 9.59 Å². The molecule has 0 spiro atoms. The van der Waals surface area contributed by atoms with Gasteiger partial charge in [0, 0.05) is 50.6 Å². The van der Waals surface area contributed by atoms with E-state index in [-0.39, 0.29) is 17.6 Å². The summed E-state index contributed by atoms with van der Waals surface area (Å²) in [4.78, 5) is 29.3. The SMILES string of the molecule is CN(C)c1ccc(NC(=O)N2CCC(CNC(=O)NC34CC5CC(CC(C5)C3)C4)CC2)cc1. The molecule has 4 bridgehead atoms. The summed E-state index contributed by atoms with van der Waals surface area (Å²) in [6.45, 7) is 2.15. The van der Waals surface area contributed by atoms with E-state index in [1.54, 1.807) is 0 Å². The van der Waals surface area contributed by atoms with Gasteiger partial charge in [0.1, 0.15) is 0 Å². The maximum atomic E-state index is 12.7. The van der Waals surface area contributed by atoms with Crippen LogP contribution in [-0.4, -0.2) is 56.2 Å². The van der Waals surface area contributed by atoms with Gasteiger partial charge in [-0.15, -0.1) is 0 Å².